The summed E-state index contributed by atoms with van der Waals surface area (Å²) in [6.07, 6.45) is 1.40. The first kappa shape index (κ1) is 8.76. The van der Waals surface area contributed by atoms with Gasteiger partial charge in [-0.25, -0.2) is 15.0 Å². The van der Waals surface area contributed by atoms with Crippen molar-refractivity contribution < 1.29 is 5.11 Å². The maximum Gasteiger partial charge on any atom is 0.279 e. The topological polar surface area (TPSA) is 91.8 Å². The van der Waals surface area contributed by atoms with Crippen LogP contribution in [0, 0.1) is 6.92 Å². The molecule has 72 valence electrons. The van der Waals surface area contributed by atoms with Crippen molar-refractivity contribution >= 4 is 11.2 Å². The Balaban J connectivity index is 2.82. The van der Waals surface area contributed by atoms with Gasteiger partial charge in [-0.2, -0.15) is 0 Å². The summed E-state index contributed by atoms with van der Waals surface area (Å²) in [5.41, 5.74) is 0.467. The second-order valence-electron chi connectivity index (χ2n) is 2.84. The van der Waals surface area contributed by atoms with Crippen LogP contribution in [0.15, 0.2) is 11.0 Å². The number of aliphatic hydroxyl groups is 1. The third-order valence-corrected chi connectivity index (χ3v) is 1.75. The highest BCUT2D eigenvalue weighted by Gasteiger charge is 2.04. The molecule has 2 aromatic heterocycles. The first-order chi connectivity index (χ1) is 6.70. The minimum atomic E-state index is -0.338. The van der Waals surface area contributed by atoms with Crippen LogP contribution >= 0.6 is 0 Å². The van der Waals surface area contributed by atoms with Gasteiger partial charge in [-0.1, -0.05) is 0 Å². The number of hydrogen-bond acceptors (Lipinski definition) is 5. The van der Waals surface area contributed by atoms with Crippen molar-refractivity contribution in [1.29, 1.82) is 0 Å². The van der Waals surface area contributed by atoms with E-state index < -0.39 is 0 Å². The van der Waals surface area contributed by atoms with Crippen molar-refractivity contribution in [2.24, 2.45) is 0 Å². The second-order valence-corrected chi connectivity index (χ2v) is 2.84. The third-order valence-electron chi connectivity index (χ3n) is 1.75. The summed E-state index contributed by atoms with van der Waals surface area (Å²) < 4.78 is 0. The molecule has 0 spiro atoms. The van der Waals surface area contributed by atoms with Crippen molar-refractivity contribution in [3.63, 3.8) is 0 Å². The summed E-state index contributed by atoms with van der Waals surface area (Å²) in [6, 6.07) is 0. The molecule has 2 rings (SSSR count). The normalized spacial score (nSPS) is 10.7. The fourth-order valence-corrected chi connectivity index (χ4v) is 1.14. The molecule has 0 unspecified atom stereocenters. The Morgan fingerprint density at radius 1 is 1.50 bits per heavy atom. The largest absolute Gasteiger partial charge is 0.390 e. The molecule has 0 amide bonds. The van der Waals surface area contributed by atoms with Crippen LogP contribution in [0.1, 0.15) is 11.5 Å². The first-order valence-electron chi connectivity index (χ1n) is 4.04. The third kappa shape index (κ3) is 1.35. The minimum Gasteiger partial charge on any atom is -0.390 e. The summed E-state index contributed by atoms with van der Waals surface area (Å²) in [4.78, 5) is 25.7. The smallest absolute Gasteiger partial charge is 0.279 e. The molecular formula is C8H8N4O2. The van der Waals surface area contributed by atoms with Crippen molar-refractivity contribution in [3.8, 4) is 0 Å². The van der Waals surface area contributed by atoms with E-state index in [0.717, 1.165) is 0 Å². The number of hydrogen-bond donors (Lipinski definition) is 2. The van der Waals surface area contributed by atoms with E-state index in [0.29, 0.717) is 17.2 Å². The molecule has 0 bridgehead atoms. The number of H-pyrrole nitrogens is 1. The fourth-order valence-electron chi connectivity index (χ4n) is 1.14. The zero-order valence-electron chi connectivity index (χ0n) is 7.48. The van der Waals surface area contributed by atoms with Gasteiger partial charge in [0.2, 0.25) is 0 Å². The lowest BCUT2D eigenvalue weighted by Gasteiger charge is -1.98. The molecule has 0 saturated heterocycles. The average Bonchev–Trinajstić information content (AvgIpc) is 2.17. The Kier molecular flexibility index (Phi) is 1.97. The van der Waals surface area contributed by atoms with Gasteiger partial charge in [0.05, 0.1) is 18.5 Å². The van der Waals surface area contributed by atoms with Crippen LogP contribution in [0.4, 0.5) is 0 Å². The predicted molar refractivity (Wildman–Crippen MR) is 48.6 cm³/mol. The lowest BCUT2D eigenvalue weighted by molar-refractivity contribution is 0.277. The summed E-state index contributed by atoms with van der Waals surface area (Å²) in [5, 5.41) is 8.81. The van der Waals surface area contributed by atoms with Crippen molar-refractivity contribution in [3.05, 3.63) is 28.1 Å². The summed E-state index contributed by atoms with van der Waals surface area (Å²) >= 11 is 0. The number of nitrogens with zero attached hydrogens (tertiary/aromatic N) is 3. The van der Waals surface area contributed by atoms with Gasteiger partial charge in [0.15, 0.2) is 11.2 Å². The zero-order valence-corrected chi connectivity index (χ0v) is 7.48. The fraction of sp³-hybridized carbons (Fsp3) is 0.250. The van der Waals surface area contributed by atoms with Crippen molar-refractivity contribution in [2.75, 3.05) is 0 Å². The molecule has 6 heteroatoms. The number of nitrogens with one attached hydrogen (secondary N) is 1. The van der Waals surface area contributed by atoms with Gasteiger partial charge in [0.1, 0.15) is 5.82 Å². The Bertz CT molecular complexity index is 534. The molecule has 0 aliphatic heterocycles. The standard InChI is InChI=1S/C8H8N4O2/c1-4-10-7-6(8(14)11-4)12-5(3-13)2-9-7/h2,13H,3H2,1H3,(H,9,10,11,14). The quantitative estimate of drug-likeness (QED) is 0.636. The van der Waals surface area contributed by atoms with E-state index in [1.54, 1.807) is 6.92 Å². The molecule has 0 aliphatic carbocycles. The Morgan fingerprint density at radius 3 is 3.00 bits per heavy atom. The van der Waals surface area contributed by atoms with E-state index in [1.807, 2.05) is 0 Å². The van der Waals surface area contributed by atoms with Gasteiger partial charge in [-0.05, 0) is 6.92 Å². The number of fused-ring (bicyclic) bond motifs is 1. The molecule has 0 radical (unpaired) electrons. The van der Waals surface area contributed by atoms with Crippen LogP contribution < -0.4 is 5.56 Å². The van der Waals surface area contributed by atoms with Crippen LogP contribution in [-0.2, 0) is 6.61 Å². The number of aliphatic hydroxyl groups excluding tert-OH is 1. The van der Waals surface area contributed by atoms with Crippen LogP contribution in [0.5, 0.6) is 0 Å². The first-order valence-corrected chi connectivity index (χ1v) is 4.04. The molecule has 0 atom stereocenters. The molecule has 2 aromatic rings. The highest BCUT2D eigenvalue weighted by Crippen LogP contribution is 2.01. The van der Waals surface area contributed by atoms with Gasteiger partial charge in [0, 0.05) is 0 Å². The number of rotatable bonds is 1. The molecule has 14 heavy (non-hydrogen) atoms. The summed E-state index contributed by atoms with van der Waals surface area (Å²) in [5.74, 6) is 0.494. The van der Waals surface area contributed by atoms with E-state index in [2.05, 4.69) is 19.9 Å². The predicted octanol–water partition coefficient (Wildman–Crippen LogP) is -0.486. The lowest BCUT2D eigenvalue weighted by atomic mass is 10.4. The van der Waals surface area contributed by atoms with Crippen LogP contribution in [0.2, 0.25) is 0 Å². The Hall–Kier alpha value is -1.82. The monoisotopic (exact) mass is 192 g/mol. The molecule has 2 heterocycles. The molecule has 0 saturated carbocycles. The van der Waals surface area contributed by atoms with Gasteiger partial charge in [0.25, 0.3) is 5.56 Å². The minimum absolute atomic E-state index is 0.155. The van der Waals surface area contributed by atoms with E-state index >= 15 is 0 Å². The van der Waals surface area contributed by atoms with Gasteiger partial charge in [-0.3, -0.25) is 4.79 Å². The van der Waals surface area contributed by atoms with Crippen LogP contribution in [0.25, 0.3) is 11.2 Å². The maximum atomic E-state index is 11.4. The number of aromatic amines is 1. The average molecular weight is 192 g/mol. The Labute approximate surface area is 78.7 Å². The van der Waals surface area contributed by atoms with Crippen LogP contribution in [0.3, 0.4) is 0 Å². The van der Waals surface area contributed by atoms with E-state index in [9.17, 15) is 4.79 Å². The zero-order chi connectivity index (χ0) is 10.1. The van der Waals surface area contributed by atoms with E-state index in [4.69, 9.17) is 5.11 Å². The van der Waals surface area contributed by atoms with Crippen molar-refractivity contribution in [2.45, 2.75) is 13.5 Å². The summed E-state index contributed by atoms with van der Waals surface area (Å²) in [7, 11) is 0. The molecule has 6 nitrogen and oxygen atoms in total. The van der Waals surface area contributed by atoms with E-state index in [-0.39, 0.29) is 17.7 Å². The molecular weight excluding hydrogens is 184 g/mol. The highest BCUT2D eigenvalue weighted by atomic mass is 16.3. The Morgan fingerprint density at radius 2 is 2.29 bits per heavy atom. The van der Waals surface area contributed by atoms with Gasteiger partial charge >= 0.3 is 0 Å². The van der Waals surface area contributed by atoms with Gasteiger partial charge < -0.3 is 10.1 Å². The molecule has 0 fully saturated rings. The molecule has 0 aromatic carbocycles. The molecule has 0 aliphatic rings. The lowest BCUT2D eigenvalue weighted by Crippen LogP contribution is -2.13. The van der Waals surface area contributed by atoms with Crippen molar-refractivity contribution in [1.82, 2.24) is 19.9 Å². The number of aryl methyl sites for hydroxylation is 1. The summed E-state index contributed by atoms with van der Waals surface area (Å²) in [6.45, 7) is 1.43. The van der Waals surface area contributed by atoms with E-state index in [1.165, 1.54) is 6.20 Å². The van der Waals surface area contributed by atoms with Crippen LogP contribution in [-0.4, -0.2) is 25.0 Å². The maximum absolute atomic E-state index is 11.4. The molecule has 2 N–H and O–H groups in total. The second kappa shape index (κ2) is 3.15. The number of aromatic nitrogens is 4. The van der Waals surface area contributed by atoms with Gasteiger partial charge in [-0.15, -0.1) is 0 Å². The SMILES string of the molecule is Cc1nc2ncc(CO)nc2c(=O)[nH]1. The highest BCUT2D eigenvalue weighted by molar-refractivity contribution is 5.67.